The highest BCUT2D eigenvalue weighted by Gasteiger charge is 2.31. The van der Waals surface area contributed by atoms with Crippen LogP contribution in [-0.2, 0) is 26.0 Å². The second-order valence-electron chi connectivity index (χ2n) is 7.95. The summed E-state index contributed by atoms with van der Waals surface area (Å²) in [7, 11) is -3.62. The Labute approximate surface area is 193 Å². The molecule has 32 heavy (non-hydrogen) atoms. The first kappa shape index (κ1) is 22.8. The first-order chi connectivity index (χ1) is 15.4. The number of nitrogens with zero attached hydrogens (tertiary/aromatic N) is 2. The molecule has 0 aromatic heterocycles. The molecule has 0 bridgehead atoms. The van der Waals surface area contributed by atoms with Gasteiger partial charge in [0.05, 0.1) is 16.3 Å². The summed E-state index contributed by atoms with van der Waals surface area (Å²) in [6.45, 7) is 1.37. The van der Waals surface area contributed by atoms with Gasteiger partial charge in [-0.05, 0) is 43.0 Å². The SMILES string of the molecule is O=C(CN1C(=O)CSc2ccc(S(=O)(=O)N3CCCCC3)cc21)NCCc1ccccc1. The fourth-order valence-electron chi connectivity index (χ4n) is 3.96. The van der Waals surface area contributed by atoms with Crippen molar-refractivity contribution in [3.63, 3.8) is 0 Å². The summed E-state index contributed by atoms with van der Waals surface area (Å²) in [5.41, 5.74) is 1.61. The fourth-order valence-corrected chi connectivity index (χ4v) is 6.41. The Bertz CT molecular complexity index is 1080. The van der Waals surface area contributed by atoms with E-state index in [-0.39, 0.29) is 29.0 Å². The largest absolute Gasteiger partial charge is 0.354 e. The average molecular weight is 474 g/mol. The molecule has 2 amide bonds. The normalized spacial score (nSPS) is 17.1. The highest BCUT2D eigenvalue weighted by Crippen LogP contribution is 2.37. The number of benzene rings is 2. The van der Waals surface area contributed by atoms with Gasteiger partial charge in [-0.15, -0.1) is 11.8 Å². The number of sulfonamides is 1. The highest BCUT2D eigenvalue weighted by molar-refractivity contribution is 8.00. The lowest BCUT2D eigenvalue weighted by Gasteiger charge is -2.30. The zero-order valence-electron chi connectivity index (χ0n) is 17.8. The zero-order valence-corrected chi connectivity index (χ0v) is 19.5. The molecule has 7 nitrogen and oxygen atoms in total. The van der Waals surface area contributed by atoms with Crippen LogP contribution in [0.3, 0.4) is 0 Å². The van der Waals surface area contributed by atoms with Crippen molar-refractivity contribution in [2.24, 2.45) is 0 Å². The van der Waals surface area contributed by atoms with Gasteiger partial charge in [0.1, 0.15) is 6.54 Å². The highest BCUT2D eigenvalue weighted by atomic mass is 32.2. The van der Waals surface area contributed by atoms with E-state index in [2.05, 4.69) is 5.32 Å². The van der Waals surface area contributed by atoms with E-state index < -0.39 is 10.0 Å². The molecule has 4 rings (SSSR count). The first-order valence-electron chi connectivity index (χ1n) is 10.8. The molecule has 0 atom stereocenters. The number of hydrogen-bond donors (Lipinski definition) is 1. The molecule has 0 spiro atoms. The number of thioether (sulfide) groups is 1. The van der Waals surface area contributed by atoms with Crippen LogP contribution in [0, 0.1) is 0 Å². The van der Waals surface area contributed by atoms with Crippen molar-refractivity contribution < 1.29 is 18.0 Å². The Hall–Kier alpha value is -2.36. The molecule has 1 saturated heterocycles. The summed E-state index contributed by atoms with van der Waals surface area (Å²) >= 11 is 1.37. The predicted octanol–water partition coefficient (Wildman–Crippen LogP) is 2.66. The minimum absolute atomic E-state index is 0.131. The quantitative estimate of drug-likeness (QED) is 0.668. The molecule has 2 heterocycles. The second kappa shape index (κ2) is 10.1. The van der Waals surface area contributed by atoms with Gasteiger partial charge in [-0.3, -0.25) is 9.59 Å². The number of fused-ring (bicyclic) bond motifs is 1. The molecule has 2 aliphatic rings. The van der Waals surface area contributed by atoms with Gasteiger partial charge in [-0.2, -0.15) is 4.31 Å². The lowest BCUT2D eigenvalue weighted by molar-refractivity contribution is -0.122. The summed E-state index contributed by atoms with van der Waals surface area (Å²) in [5.74, 6) is -0.243. The smallest absolute Gasteiger partial charge is 0.243 e. The molecular weight excluding hydrogens is 446 g/mol. The third-order valence-electron chi connectivity index (χ3n) is 5.71. The van der Waals surface area contributed by atoms with Crippen molar-refractivity contribution in [3.05, 3.63) is 54.1 Å². The van der Waals surface area contributed by atoms with Crippen LogP contribution >= 0.6 is 11.8 Å². The van der Waals surface area contributed by atoms with Crippen LogP contribution in [0.4, 0.5) is 5.69 Å². The van der Waals surface area contributed by atoms with Crippen LogP contribution in [0.2, 0.25) is 0 Å². The van der Waals surface area contributed by atoms with Gasteiger partial charge in [-0.25, -0.2) is 8.42 Å². The van der Waals surface area contributed by atoms with Gasteiger partial charge in [0.15, 0.2) is 0 Å². The summed E-state index contributed by atoms with van der Waals surface area (Å²) in [6, 6.07) is 14.7. The molecule has 0 radical (unpaired) electrons. The Morgan fingerprint density at radius 1 is 1.03 bits per heavy atom. The van der Waals surface area contributed by atoms with Crippen LogP contribution in [0.5, 0.6) is 0 Å². The molecule has 2 aliphatic heterocycles. The fraction of sp³-hybridized carbons (Fsp3) is 0.391. The standard InChI is InChI=1S/C23H27N3O4S2/c27-22(24-12-11-18-7-3-1-4-8-18)16-26-20-15-19(9-10-21(20)31-17-23(26)28)32(29,30)25-13-5-2-6-14-25/h1,3-4,7-10,15H,2,5-6,11-14,16-17H2,(H,24,27). The molecule has 9 heteroatoms. The van der Waals surface area contributed by atoms with E-state index in [0.29, 0.717) is 31.7 Å². The number of amides is 2. The number of carbonyl (C=O) groups is 2. The molecule has 0 saturated carbocycles. The molecule has 0 unspecified atom stereocenters. The molecule has 2 aromatic rings. The average Bonchev–Trinajstić information content (AvgIpc) is 2.82. The topological polar surface area (TPSA) is 86.8 Å². The van der Waals surface area contributed by atoms with Gasteiger partial charge in [0.2, 0.25) is 21.8 Å². The van der Waals surface area contributed by atoms with Crippen LogP contribution in [-0.4, -0.2) is 56.5 Å². The Morgan fingerprint density at radius 2 is 1.78 bits per heavy atom. The van der Waals surface area contributed by atoms with Crippen LogP contribution in [0.1, 0.15) is 24.8 Å². The molecule has 170 valence electrons. The first-order valence-corrected chi connectivity index (χ1v) is 13.3. The molecule has 0 aliphatic carbocycles. The van der Waals surface area contributed by atoms with Gasteiger partial charge in [0, 0.05) is 24.5 Å². The predicted molar refractivity (Wildman–Crippen MR) is 125 cm³/mol. The van der Waals surface area contributed by atoms with E-state index in [1.54, 1.807) is 18.2 Å². The molecule has 1 fully saturated rings. The summed E-state index contributed by atoms with van der Waals surface area (Å²) in [6.07, 6.45) is 3.45. The second-order valence-corrected chi connectivity index (χ2v) is 10.9. The van der Waals surface area contributed by atoms with E-state index in [0.717, 1.165) is 29.7 Å². The lowest BCUT2D eigenvalue weighted by Crippen LogP contribution is -2.44. The number of rotatable bonds is 7. The Balaban J connectivity index is 1.47. The Kier molecular flexibility index (Phi) is 7.17. The van der Waals surface area contributed by atoms with Crippen molar-refractivity contribution in [3.8, 4) is 0 Å². The summed E-state index contributed by atoms with van der Waals surface area (Å²) < 4.78 is 27.7. The third kappa shape index (κ3) is 5.16. The van der Waals surface area contributed by atoms with Crippen LogP contribution < -0.4 is 10.2 Å². The van der Waals surface area contributed by atoms with E-state index in [1.807, 2.05) is 30.3 Å². The van der Waals surface area contributed by atoms with E-state index >= 15 is 0 Å². The van der Waals surface area contributed by atoms with E-state index in [1.165, 1.54) is 21.0 Å². The molecule has 2 aromatic carbocycles. The maximum absolute atomic E-state index is 13.1. The van der Waals surface area contributed by atoms with Gasteiger partial charge in [0.25, 0.3) is 0 Å². The van der Waals surface area contributed by atoms with Crippen molar-refractivity contribution >= 4 is 39.3 Å². The molecule has 1 N–H and O–H groups in total. The van der Waals surface area contributed by atoms with Crippen molar-refractivity contribution in [1.82, 2.24) is 9.62 Å². The monoisotopic (exact) mass is 473 g/mol. The number of hydrogen-bond acceptors (Lipinski definition) is 5. The van der Waals surface area contributed by atoms with Crippen molar-refractivity contribution in [2.75, 3.05) is 36.8 Å². The minimum Gasteiger partial charge on any atom is -0.354 e. The van der Waals surface area contributed by atoms with Crippen LogP contribution in [0.25, 0.3) is 0 Å². The number of nitrogens with one attached hydrogen (secondary N) is 1. The van der Waals surface area contributed by atoms with Crippen molar-refractivity contribution in [2.45, 2.75) is 35.5 Å². The zero-order chi connectivity index (χ0) is 22.6. The van der Waals surface area contributed by atoms with Crippen molar-refractivity contribution in [1.29, 1.82) is 0 Å². The lowest BCUT2D eigenvalue weighted by atomic mass is 10.1. The number of piperidine rings is 1. The number of carbonyl (C=O) groups excluding carboxylic acids is 2. The maximum atomic E-state index is 13.1. The minimum atomic E-state index is -3.62. The third-order valence-corrected chi connectivity index (χ3v) is 8.65. The Morgan fingerprint density at radius 3 is 2.53 bits per heavy atom. The van der Waals surface area contributed by atoms with Gasteiger partial charge in [-0.1, -0.05) is 36.8 Å². The van der Waals surface area contributed by atoms with Gasteiger partial charge < -0.3 is 10.2 Å². The van der Waals surface area contributed by atoms with E-state index in [4.69, 9.17) is 0 Å². The molecular formula is C23H27N3O4S2. The van der Waals surface area contributed by atoms with Gasteiger partial charge >= 0.3 is 0 Å². The van der Waals surface area contributed by atoms with Crippen LogP contribution in [0.15, 0.2) is 58.3 Å². The number of anilines is 1. The van der Waals surface area contributed by atoms with E-state index in [9.17, 15) is 18.0 Å². The summed E-state index contributed by atoms with van der Waals surface area (Å²) in [4.78, 5) is 27.5. The maximum Gasteiger partial charge on any atom is 0.243 e. The summed E-state index contributed by atoms with van der Waals surface area (Å²) in [5, 5.41) is 2.86.